The van der Waals surface area contributed by atoms with Crippen molar-refractivity contribution in [3.63, 3.8) is 0 Å². The summed E-state index contributed by atoms with van der Waals surface area (Å²) < 4.78 is 16.2. The summed E-state index contributed by atoms with van der Waals surface area (Å²) in [6.45, 7) is 0. The summed E-state index contributed by atoms with van der Waals surface area (Å²) >= 11 is 10.8. The highest BCUT2D eigenvalue weighted by Gasteiger charge is 2.16. The predicted molar refractivity (Wildman–Crippen MR) is 81.4 cm³/mol. The molecule has 0 unspecified atom stereocenters. The van der Waals surface area contributed by atoms with E-state index >= 15 is 0 Å². The number of hydrogen-bond donors (Lipinski definition) is 0. The Bertz CT molecular complexity index is 811. The topological polar surface area (TPSA) is 26.3 Å². The van der Waals surface area contributed by atoms with Crippen LogP contribution in [-0.4, -0.2) is 0 Å². The van der Waals surface area contributed by atoms with E-state index in [-0.39, 0.29) is 0 Å². The molecule has 3 aromatic rings. The van der Waals surface area contributed by atoms with Gasteiger partial charge in [-0.05, 0) is 45.8 Å². The van der Waals surface area contributed by atoms with E-state index in [9.17, 15) is 4.57 Å². The van der Waals surface area contributed by atoms with E-state index in [2.05, 4.69) is 12.1 Å². The summed E-state index contributed by atoms with van der Waals surface area (Å²) in [7, 11) is 0. The minimum absolute atomic E-state index is 0.399. The molecule has 0 heterocycles. The number of benzene rings is 3. The van der Waals surface area contributed by atoms with Crippen LogP contribution in [0.3, 0.4) is 0 Å². The van der Waals surface area contributed by atoms with Crippen molar-refractivity contribution in [1.82, 2.24) is 0 Å². The molecule has 96 valence electrons. The predicted octanol–water partition coefficient (Wildman–Crippen LogP) is 5.96. The maximum absolute atomic E-state index is 11.2. The maximum Gasteiger partial charge on any atom is 0.428 e. The maximum atomic E-state index is 11.2. The van der Waals surface area contributed by atoms with Crippen molar-refractivity contribution < 1.29 is 9.09 Å². The number of rotatable bonds is 2. The molecule has 19 heavy (non-hydrogen) atoms. The van der Waals surface area contributed by atoms with Gasteiger partial charge in [-0.3, -0.25) is 0 Å². The molecule has 0 atom stereocenters. The highest BCUT2D eigenvalue weighted by Crippen LogP contribution is 2.57. The van der Waals surface area contributed by atoms with Gasteiger partial charge in [0.25, 0.3) is 0 Å². The summed E-state index contributed by atoms with van der Waals surface area (Å²) in [6.07, 6.45) is -3.57. The second kappa shape index (κ2) is 4.72. The normalized spacial score (nSPS) is 11.9. The zero-order chi connectivity index (χ0) is 13.5. The molecule has 0 amide bonds. The summed E-state index contributed by atoms with van der Waals surface area (Å²) in [4.78, 5) is 0. The Kier molecular flexibility index (Phi) is 3.18. The molecule has 0 aliphatic heterocycles. The quantitative estimate of drug-likeness (QED) is 0.431. The third-order valence-corrected chi connectivity index (χ3v) is 3.73. The Morgan fingerprint density at radius 1 is 0.789 bits per heavy atom. The van der Waals surface area contributed by atoms with Crippen LogP contribution in [0.5, 0.6) is 5.75 Å². The molecule has 0 saturated heterocycles. The van der Waals surface area contributed by atoms with Crippen LogP contribution in [0, 0.1) is 0 Å². The van der Waals surface area contributed by atoms with E-state index in [1.165, 1.54) is 5.39 Å². The van der Waals surface area contributed by atoms with Crippen LogP contribution in [0.15, 0.2) is 54.6 Å². The lowest BCUT2D eigenvalue weighted by molar-refractivity contribution is 0.513. The Morgan fingerprint density at radius 2 is 1.37 bits per heavy atom. The number of hydrogen-bond acceptors (Lipinski definition) is 2. The molecule has 0 saturated carbocycles. The van der Waals surface area contributed by atoms with Crippen LogP contribution < -0.4 is 4.52 Å². The van der Waals surface area contributed by atoms with Gasteiger partial charge < -0.3 is 4.52 Å². The van der Waals surface area contributed by atoms with Crippen molar-refractivity contribution in [2.75, 3.05) is 0 Å². The molecule has 0 N–H and O–H groups in total. The Balaban J connectivity index is 2.17. The van der Waals surface area contributed by atoms with Crippen molar-refractivity contribution in [3.05, 3.63) is 54.6 Å². The fraction of sp³-hybridized carbons (Fsp3) is 0. The molecule has 3 aromatic carbocycles. The van der Waals surface area contributed by atoms with Gasteiger partial charge in [-0.1, -0.05) is 30.3 Å². The first kappa shape index (κ1) is 12.8. The second-order valence-corrected chi connectivity index (χ2v) is 8.41. The van der Waals surface area contributed by atoms with Crippen molar-refractivity contribution >= 4 is 50.1 Å². The van der Waals surface area contributed by atoms with Gasteiger partial charge in [0.05, 0.1) is 0 Å². The molecular formula is C14H9Cl2O2P. The Hall–Kier alpha value is -1.21. The standard InChI is InChI=1S/C14H9Cl2O2P/c15-19(16,17)18-14-6-5-12-7-10-3-1-2-4-11(10)8-13(12)9-14/h1-9H. The smallest absolute Gasteiger partial charge is 0.422 e. The average Bonchev–Trinajstić information content (AvgIpc) is 2.34. The van der Waals surface area contributed by atoms with Gasteiger partial charge in [-0.25, -0.2) is 4.57 Å². The van der Waals surface area contributed by atoms with Gasteiger partial charge >= 0.3 is 6.07 Å². The third kappa shape index (κ3) is 2.87. The molecule has 0 aromatic heterocycles. The van der Waals surface area contributed by atoms with Gasteiger partial charge in [0.2, 0.25) is 0 Å². The first-order valence-corrected chi connectivity index (χ1v) is 9.06. The van der Waals surface area contributed by atoms with E-state index in [0.717, 1.165) is 16.2 Å². The van der Waals surface area contributed by atoms with Gasteiger partial charge in [-0.2, -0.15) is 0 Å². The van der Waals surface area contributed by atoms with Crippen molar-refractivity contribution in [2.24, 2.45) is 0 Å². The van der Waals surface area contributed by atoms with Gasteiger partial charge in [0.15, 0.2) is 0 Å². The van der Waals surface area contributed by atoms with Gasteiger partial charge in [-0.15, -0.1) is 0 Å². The van der Waals surface area contributed by atoms with Crippen LogP contribution in [0.1, 0.15) is 0 Å². The highest BCUT2D eigenvalue weighted by atomic mass is 35.9. The fourth-order valence-corrected chi connectivity index (χ4v) is 2.93. The molecule has 0 radical (unpaired) electrons. The molecule has 0 fully saturated rings. The minimum atomic E-state index is -3.57. The molecular weight excluding hydrogens is 302 g/mol. The Labute approximate surface area is 119 Å². The zero-order valence-corrected chi connectivity index (χ0v) is 12.1. The summed E-state index contributed by atoms with van der Waals surface area (Å²) in [6, 6.07) is 17.6. The third-order valence-electron chi connectivity index (χ3n) is 2.89. The van der Waals surface area contributed by atoms with Gasteiger partial charge in [0.1, 0.15) is 5.75 Å². The Morgan fingerprint density at radius 3 is 2.00 bits per heavy atom. The van der Waals surface area contributed by atoms with Crippen LogP contribution in [0.4, 0.5) is 0 Å². The fourth-order valence-electron chi connectivity index (χ4n) is 2.10. The first-order chi connectivity index (χ1) is 9.01. The second-order valence-electron chi connectivity index (χ2n) is 4.21. The van der Waals surface area contributed by atoms with E-state index < -0.39 is 6.07 Å². The van der Waals surface area contributed by atoms with E-state index in [0.29, 0.717) is 5.75 Å². The molecule has 0 aliphatic carbocycles. The number of halogens is 2. The van der Waals surface area contributed by atoms with Crippen LogP contribution in [0.25, 0.3) is 21.5 Å². The number of fused-ring (bicyclic) bond motifs is 2. The zero-order valence-electron chi connectivity index (χ0n) is 9.72. The van der Waals surface area contributed by atoms with Crippen LogP contribution in [-0.2, 0) is 4.57 Å². The minimum Gasteiger partial charge on any atom is -0.422 e. The average molecular weight is 311 g/mol. The summed E-state index contributed by atoms with van der Waals surface area (Å²) in [5, 5.41) is 4.36. The van der Waals surface area contributed by atoms with Crippen molar-refractivity contribution in [1.29, 1.82) is 0 Å². The van der Waals surface area contributed by atoms with Crippen LogP contribution >= 0.6 is 28.6 Å². The van der Waals surface area contributed by atoms with Crippen LogP contribution in [0.2, 0.25) is 0 Å². The lowest BCUT2D eigenvalue weighted by Crippen LogP contribution is -1.82. The molecule has 3 rings (SSSR count). The highest BCUT2D eigenvalue weighted by molar-refractivity contribution is 8.05. The molecule has 0 aliphatic rings. The molecule has 0 spiro atoms. The van der Waals surface area contributed by atoms with Gasteiger partial charge in [0, 0.05) is 22.5 Å². The monoisotopic (exact) mass is 310 g/mol. The first-order valence-electron chi connectivity index (χ1n) is 5.63. The summed E-state index contributed by atoms with van der Waals surface area (Å²) in [5.41, 5.74) is 0. The molecule has 0 bridgehead atoms. The lowest BCUT2D eigenvalue weighted by Gasteiger charge is -2.08. The van der Waals surface area contributed by atoms with Crippen molar-refractivity contribution in [3.8, 4) is 5.75 Å². The molecule has 2 nitrogen and oxygen atoms in total. The van der Waals surface area contributed by atoms with E-state index in [1.807, 2.05) is 30.3 Å². The molecule has 5 heteroatoms. The van der Waals surface area contributed by atoms with E-state index in [1.54, 1.807) is 12.1 Å². The SMILES string of the molecule is O=P(Cl)(Cl)Oc1ccc2cc3ccccc3cc2c1. The van der Waals surface area contributed by atoms with Crippen molar-refractivity contribution in [2.45, 2.75) is 0 Å². The van der Waals surface area contributed by atoms with E-state index in [4.69, 9.17) is 27.0 Å². The largest absolute Gasteiger partial charge is 0.428 e. The summed E-state index contributed by atoms with van der Waals surface area (Å²) in [5.74, 6) is 0.399. The lowest BCUT2D eigenvalue weighted by atomic mass is 10.0.